The van der Waals surface area contributed by atoms with Gasteiger partial charge < -0.3 is 15.4 Å². The maximum absolute atomic E-state index is 11.9. The van der Waals surface area contributed by atoms with Gasteiger partial charge in [-0.3, -0.25) is 4.79 Å². The van der Waals surface area contributed by atoms with Crippen LogP contribution < -0.4 is 5.73 Å². The van der Waals surface area contributed by atoms with E-state index in [2.05, 4.69) is 13.8 Å². The number of carbonyl (C=O) groups is 1. The number of hydrogen-bond acceptors (Lipinski definition) is 3. The maximum Gasteiger partial charge on any atom is 0.222 e. The van der Waals surface area contributed by atoms with Crippen LogP contribution in [0.4, 0.5) is 0 Å². The number of nitrogens with two attached hydrogens (primary N) is 1. The lowest BCUT2D eigenvalue weighted by Gasteiger charge is -2.42. The number of ether oxygens (including phenoxy) is 1. The highest BCUT2D eigenvalue weighted by molar-refractivity contribution is 5.76. The summed E-state index contributed by atoms with van der Waals surface area (Å²) in [5, 5.41) is 0. The Hall–Kier alpha value is -0.610. The molecule has 0 radical (unpaired) electrons. The van der Waals surface area contributed by atoms with Crippen molar-refractivity contribution in [2.75, 3.05) is 26.8 Å². The van der Waals surface area contributed by atoms with Crippen LogP contribution in [0, 0.1) is 5.41 Å². The molecule has 16 heavy (non-hydrogen) atoms. The number of piperidine rings is 1. The molecule has 0 spiro atoms. The highest BCUT2D eigenvalue weighted by atomic mass is 16.5. The van der Waals surface area contributed by atoms with Crippen molar-refractivity contribution in [2.45, 2.75) is 39.2 Å². The third kappa shape index (κ3) is 3.46. The minimum absolute atomic E-state index is 0.0369. The van der Waals surface area contributed by atoms with Gasteiger partial charge in [0.1, 0.15) is 0 Å². The lowest BCUT2D eigenvalue weighted by Crippen LogP contribution is -2.53. The normalized spacial score (nSPS) is 24.5. The number of amides is 1. The van der Waals surface area contributed by atoms with Gasteiger partial charge in [-0.25, -0.2) is 0 Å². The average Bonchev–Trinajstić information content (AvgIpc) is 2.22. The Kier molecular flexibility index (Phi) is 4.74. The Labute approximate surface area is 98.1 Å². The molecule has 0 bridgehead atoms. The molecule has 1 fully saturated rings. The Morgan fingerprint density at radius 1 is 1.56 bits per heavy atom. The number of rotatable bonds is 4. The van der Waals surface area contributed by atoms with Crippen molar-refractivity contribution in [1.29, 1.82) is 0 Å². The van der Waals surface area contributed by atoms with E-state index in [1.165, 1.54) is 0 Å². The van der Waals surface area contributed by atoms with Gasteiger partial charge in [0.25, 0.3) is 0 Å². The highest BCUT2D eigenvalue weighted by Gasteiger charge is 2.34. The minimum Gasteiger partial charge on any atom is -0.385 e. The fraction of sp³-hybridized carbons (Fsp3) is 0.917. The number of likely N-dealkylation sites (tertiary alicyclic amines) is 1. The predicted molar refractivity (Wildman–Crippen MR) is 64.1 cm³/mol. The molecule has 1 rings (SSSR count). The molecular formula is C12H24N2O2. The summed E-state index contributed by atoms with van der Waals surface area (Å²) in [6, 6.07) is 0.204. The number of carbonyl (C=O) groups excluding carboxylic acids is 1. The summed E-state index contributed by atoms with van der Waals surface area (Å²) < 4.78 is 4.95. The van der Waals surface area contributed by atoms with Crippen LogP contribution in [0.1, 0.15) is 33.1 Å². The molecule has 4 nitrogen and oxygen atoms in total. The molecule has 1 aliphatic rings. The van der Waals surface area contributed by atoms with Crippen LogP contribution in [0.5, 0.6) is 0 Å². The van der Waals surface area contributed by atoms with Crippen molar-refractivity contribution < 1.29 is 9.53 Å². The van der Waals surface area contributed by atoms with Crippen LogP contribution in [0.3, 0.4) is 0 Å². The fourth-order valence-electron chi connectivity index (χ4n) is 2.11. The van der Waals surface area contributed by atoms with E-state index in [-0.39, 0.29) is 17.4 Å². The minimum atomic E-state index is 0.0369. The largest absolute Gasteiger partial charge is 0.385 e. The Balaban J connectivity index is 2.40. The van der Waals surface area contributed by atoms with Crippen LogP contribution in [0.15, 0.2) is 0 Å². The van der Waals surface area contributed by atoms with E-state index in [1.54, 1.807) is 7.11 Å². The summed E-state index contributed by atoms with van der Waals surface area (Å²) in [6.07, 6.45) is 2.29. The van der Waals surface area contributed by atoms with E-state index in [9.17, 15) is 4.79 Å². The summed E-state index contributed by atoms with van der Waals surface area (Å²) in [7, 11) is 1.66. The van der Waals surface area contributed by atoms with Crippen LogP contribution >= 0.6 is 0 Å². The van der Waals surface area contributed by atoms with E-state index in [0.717, 1.165) is 25.9 Å². The van der Waals surface area contributed by atoms with Crippen LogP contribution in [0.25, 0.3) is 0 Å². The molecule has 0 aromatic heterocycles. The van der Waals surface area contributed by atoms with Crippen molar-refractivity contribution >= 4 is 5.91 Å². The monoisotopic (exact) mass is 228 g/mol. The average molecular weight is 228 g/mol. The van der Waals surface area contributed by atoms with Gasteiger partial charge in [0, 0.05) is 39.3 Å². The van der Waals surface area contributed by atoms with Crippen molar-refractivity contribution in [3.05, 3.63) is 0 Å². The maximum atomic E-state index is 11.9. The number of nitrogens with zero attached hydrogens (tertiary/aromatic N) is 1. The van der Waals surface area contributed by atoms with Gasteiger partial charge in [-0.2, -0.15) is 0 Å². The smallest absolute Gasteiger partial charge is 0.222 e. The van der Waals surface area contributed by atoms with Crippen molar-refractivity contribution in [2.24, 2.45) is 11.1 Å². The summed E-state index contributed by atoms with van der Waals surface area (Å²) in [6.45, 7) is 6.50. The second-order valence-electron chi connectivity index (χ2n) is 5.30. The Morgan fingerprint density at radius 3 is 2.81 bits per heavy atom. The van der Waals surface area contributed by atoms with E-state index < -0.39 is 0 Å². The molecule has 1 unspecified atom stereocenters. The van der Waals surface area contributed by atoms with Gasteiger partial charge in [-0.1, -0.05) is 13.8 Å². The van der Waals surface area contributed by atoms with Crippen molar-refractivity contribution in [3.8, 4) is 0 Å². The fourth-order valence-corrected chi connectivity index (χ4v) is 2.11. The first kappa shape index (κ1) is 13.5. The zero-order valence-corrected chi connectivity index (χ0v) is 10.7. The molecule has 1 atom stereocenters. The molecule has 1 aliphatic heterocycles. The van der Waals surface area contributed by atoms with E-state index in [4.69, 9.17) is 10.5 Å². The molecule has 94 valence electrons. The highest BCUT2D eigenvalue weighted by Crippen LogP contribution is 2.27. The zero-order chi connectivity index (χ0) is 12.2. The molecule has 1 saturated heterocycles. The van der Waals surface area contributed by atoms with Gasteiger partial charge in [0.2, 0.25) is 5.91 Å². The second kappa shape index (κ2) is 5.64. The first-order valence-corrected chi connectivity index (χ1v) is 5.99. The lowest BCUT2D eigenvalue weighted by molar-refractivity contribution is -0.134. The van der Waals surface area contributed by atoms with Crippen molar-refractivity contribution in [3.63, 3.8) is 0 Å². The molecular weight excluding hydrogens is 204 g/mol. The molecule has 0 saturated carbocycles. The van der Waals surface area contributed by atoms with E-state index in [0.29, 0.717) is 13.0 Å². The van der Waals surface area contributed by atoms with E-state index in [1.807, 2.05) is 4.90 Å². The molecule has 1 amide bonds. The SMILES string of the molecule is COCCCC(=O)N1CCC(N)C(C)(C)C1. The molecule has 0 aromatic rings. The van der Waals surface area contributed by atoms with Gasteiger partial charge >= 0.3 is 0 Å². The third-order valence-electron chi connectivity index (χ3n) is 3.40. The van der Waals surface area contributed by atoms with Crippen molar-refractivity contribution in [1.82, 2.24) is 4.90 Å². The number of hydrogen-bond donors (Lipinski definition) is 1. The van der Waals surface area contributed by atoms with Crippen LogP contribution in [-0.4, -0.2) is 43.7 Å². The molecule has 0 aromatic carbocycles. The molecule has 0 aliphatic carbocycles. The first-order valence-electron chi connectivity index (χ1n) is 5.99. The van der Waals surface area contributed by atoms with Crippen LogP contribution in [0.2, 0.25) is 0 Å². The summed E-state index contributed by atoms with van der Waals surface area (Å²) >= 11 is 0. The first-order chi connectivity index (χ1) is 7.47. The zero-order valence-electron chi connectivity index (χ0n) is 10.7. The van der Waals surface area contributed by atoms with E-state index >= 15 is 0 Å². The summed E-state index contributed by atoms with van der Waals surface area (Å²) in [4.78, 5) is 13.8. The molecule has 2 N–H and O–H groups in total. The van der Waals surface area contributed by atoms with Gasteiger partial charge in [0.05, 0.1) is 0 Å². The van der Waals surface area contributed by atoms with Gasteiger partial charge in [0.15, 0.2) is 0 Å². The summed E-state index contributed by atoms with van der Waals surface area (Å²) in [5.74, 6) is 0.233. The molecule has 1 heterocycles. The quantitative estimate of drug-likeness (QED) is 0.730. The van der Waals surface area contributed by atoms with Gasteiger partial charge in [-0.15, -0.1) is 0 Å². The van der Waals surface area contributed by atoms with Crippen LogP contribution in [-0.2, 0) is 9.53 Å². The standard InChI is InChI=1S/C12H24N2O2/c1-12(2)9-14(7-6-10(12)13)11(15)5-4-8-16-3/h10H,4-9,13H2,1-3H3. The van der Waals surface area contributed by atoms with Gasteiger partial charge in [-0.05, 0) is 18.3 Å². The molecule has 4 heteroatoms. The second-order valence-corrected chi connectivity index (χ2v) is 5.30. The number of methoxy groups -OCH3 is 1. The Bertz CT molecular complexity index is 241. The Morgan fingerprint density at radius 2 is 2.25 bits per heavy atom. The third-order valence-corrected chi connectivity index (χ3v) is 3.40. The predicted octanol–water partition coefficient (Wildman–Crippen LogP) is 0.999. The topological polar surface area (TPSA) is 55.6 Å². The lowest BCUT2D eigenvalue weighted by atomic mass is 9.79. The summed E-state index contributed by atoms with van der Waals surface area (Å²) in [5.41, 5.74) is 6.08.